The first-order valence-corrected chi connectivity index (χ1v) is 10.3. The molecule has 168 valence electrons. The molecule has 0 radical (unpaired) electrons. The van der Waals surface area contributed by atoms with Crippen LogP contribution in [0.5, 0.6) is 0 Å². The first kappa shape index (κ1) is 24.3. The van der Waals surface area contributed by atoms with Crippen LogP contribution in [0.4, 0.5) is 22.7 Å². The van der Waals surface area contributed by atoms with Crippen molar-refractivity contribution in [3.63, 3.8) is 0 Å². The molecule has 2 aromatic carbocycles. The molecule has 5 N–H and O–H groups in total. The molecule has 0 aliphatic carbocycles. The Morgan fingerprint density at radius 3 is 2.31 bits per heavy atom. The Hall–Kier alpha value is -4.00. The smallest absolute Gasteiger partial charge is 0.247 e. The molecule has 2 aromatic rings. The summed E-state index contributed by atoms with van der Waals surface area (Å²) in [6, 6.07) is 14.9. The van der Waals surface area contributed by atoms with Gasteiger partial charge >= 0.3 is 0 Å². The van der Waals surface area contributed by atoms with Gasteiger partial charge in [-0.3, -0.25) is 4.79 Å². The van der Waals surface area contributed by atoms with Crippen LogP contribution in [-0.4, -0.2) is 19.2 Å². The van der Waals surface area contributed by atoms with Crippen molar-refractivity contribution in [2.75, 3.05) is 28.8 Å². The van der Waals surface area contributed by atoms with Crippen molar-refractivity contribution >= 4 is 34.9 Å². The molecule has 0 saturated carbocycles. The van der Waals surface area contributed by atoms with Crippen molar-refractivity contribution in [1.82, 2.24) is 0 Å². The van der Waals surface area contributed by atoms with Gasteiger partial charge in [-0.05, 0) is 74.4 Å². The third-order valence-corrected chi connectivity index (χ3v) is 4.66. The molecule has 0 fully saturated rings. The van der Waals surface area contributed by atoms with E-state index in [9.17, 15) is 4.79 Å². The van der Waals surface area contributed by atoms with Gasteiger partial charge in [0, 0.05) is 22.7 Å². The minimum Gasteiger partial charge on any atom is -0.493 e. The largest absolute Gasteiger partial charge is 0.493 e. The highest BCUT2D eigenvalue weighted by Gasteiger charge is 2.06. The molecule has 7 heteroatoms. The summed E-state index contributed by atoms with van der Waals surface area (Å²) >= 11 is 0. The molecule has 0 aromatic heterocycles. The second kappa shape index (κ2) is 12.0. The van der Waals surface area contributed by atoms with E-state index >= 15 is 0 Å². The van der Waals surface area contributed by atoms with E-state index < -0.39 is 0 Å². The van der Waals surface area contributed by atoms with Crippen molar-refractivity contribution < 1.29 is 9.53 Å². The summed E-state index contributed by atoms with van der Waals surface area (Å²) in [5.41, 5.74) is 10.7. The zero-order valence-corrected chi connectivity index (χ0v) is 19.0. The predicted octanol–water partition coefficient (Wildman–Crippen LogP) is 5.51. The van der Waals surface area contributed by atoms with Crippen molar-refractivity contribution in [2.24, 2.45) is 4.99 Å². The third kappa shape index (κ3) is 7.36. The van der Waals surface area contributed by atoms with Gasteiger partial charge in [0.2, 0.25) is 5.91 Å². The number of nitrogens with two attached hydrogens (primary N) is 1. The number of nitrogens with zero attached hydrogens (tertiary/aromatic N) is 1. The molecule has 0 heterocycles. The standard InChI is InChI=1S/C25H31N5O2/c1-6-17(3)25(30-20-13-11-19(26)12-14-20)27-16-23(32-5)18(4)28-21-9-8-10-22(15-21)29-24(31)7-2/h7-16,28,30H,2,6,26H2,1,3-5H3,(H,29,31)/b23-18-,25-17-,27-16-. The fourth-order valence-electron chi connectivity index (χ4n) is 2.69. The van der Waals surface area contributed by atoms with Crippen molar-refractivity contribution in [3.8, 4) is 0 Å². The zero-order valence-electron chi connectivity index (χ0n) is 19.0. The maximum absolute atomic E-state index is 11.5. The highest BCUT2D eigenvalue weighted by molar-refractivity contribution is 5.99. The van der Waals surface area contributed by atoms with Gasteiger partial charge in [-0.15, -0.1) is 0 Å². The molecule has 0 saturated heterocycles. The van der Waals surface area contributed by atoms with Crippen LogP contribution in [0.25, 0.3) is 0 Å². The van der Waals surface area contributed by atoms with Crippen molar-refractivity contribution in [2.45, 2.75) is 27.2 Å². The topological polar surface area (TPSA) is 101 Å². The van der Waals surface area contributed by atoms with Crippen LogP contribution in [-0.2, 0) is 9.53 Å². The van der Waals surface area contributed by atoms with E-state index in [2.05, 4.69) is 34.4 Å². The van der Waals surface area contributed by atoms with E-state index in [0.29, 0.717) is 17.1 Å². The Morgan fingerprint density at radius 2 is 1.72 bits per heavy atom. The monoisotopic (exact) mass is 433 g/mol. The number of carbonyl (C=O) groups is 1. The summed E-state index contributed by atoms with van der Waals surface area (Å²) in [5, 5.41) is 9.36. The van der Waals surface area contributed by atoms with Gasteiger partial charge in [-0.2, -0.15) is 0 Å². The maximum Gasteiger partial charge on any atom is 0.247 e. The molecule has 32 heavy (non-hydrogen) atoms. The minimum absolute atomic E-state index is 0.265. The molecule has 0 aliphatic rings. The Balaban J connectivity index is 2.22. The molecule has 0 unspecified atom stereocenters. The summed E-state index contributed by atoms with van der Waals surface area (Å²) in [7, 11) is 1.59. The lowest BCUT2D eigenvalue weighted by molar-refractivity contribution is -0.111. The van der Waals surface area contributed by atoms with E-state index in [1.807, 2.05) is 56.3 Å². The second-order valence-electron chi connectivity index (χ2n) is 7.08. The third-order valence-electron chi connectivity index (χ3n) is 4.66. The van der Waals surface area contributed by atoms with Gasteiger partial charge in [-0.1, -0.05) is 19.6 Å². The van der Waals surface area contributed by atoms with Crippen LogP contribution in [0.2, 0.25) is 0 Å². The van der Waals surface area contributed by atoms with Crippen molar-refractivity contribution in [1.29, 1.82) is 0 Å². The number of methoxy groups -OCH3 is 1. The summed E-state index contributed by atoms with van der Waals surface area (Å²) < 4.78 is 5.54. The van der Waals surface area contributed by atoms with E-state index in [0.717, 1.165) is 34.9 Å². The number of aliphatic imine (C=N–C) groups is 1. The number of benzene rings is 2. The van der Waals surface area contributed by atoms with Crippen LogP contribution in [0.1, 0.15) is 27.2 Å². The number of ether oxygens (including phenoxy) is 1. The fraction of sp³-hybridized carbons (Fsp3) is 0.200. The Bertz CT molecular complexity index is 1040. The summed E-state index contributed by atoms with van der Waals surface area (Å²) in [6.07, 6.45) is 3.75. The first-order chi connectivity index (χ1) is 15.4. The number of hydrogen-bond donors (Lipinski definition) is 4. The average molecular weight is 434 g/mol. The first-order valence-electron chi connectivity index (χ1n) is 10.3. The van der Waals surface area contributed by atoms with E-state index in [4.69, 9.17) is 10.5 Å². The molecular formula is C25H31N5O2. The zero-order chi connectivity index (χ0) is 23.5. The van der Waals surface area contributed by atoms with Gasteiger partial charge in [0.15, 0.2) is 5.76 Å². The normalized spacial score (nSPS) is 12.5. The molecule has 2 rings (SSSR count). The SMILES string of the molecule is C=CC(=O)Nc1cccc(N/C(C)=C(/C=N\C(Nc2ccc(N)cc2)=C(/C)CC)OC)c1. The maximum atomic E-state index is 11.5. The molecule has 1 amide bonds. The van der Waals surface area contributed by atoms with E-state index in [1.165, 1.54) is 6.08 Å². The van der Waals surface area contributed by atoms with E-state index in [1.54, 1.807) is 19.4 Å². The van der Waals surface area contributed by atoms with Gasteiger partial charge < -0.3 is 26.4 Å². The lowest BCUT2D eigenvalue weighted by Crippen LogP contribution is -2.08. The lowest BCUT2D eigenvalue weighted by Gasteiger charge is -2.13. The number of nitrogens with one attached hydrogen (secondary N) is 3. The van der Waals surface area contributed by atoms with Gasteiger partial charge in [-0.25, -0.2) is 4.99 Å². The van der Waals surface area contributed by atoms with Crippen LogP contribution in [0.15, 0.2) is 89.0 Å². The molecule has 0 aliphatic heterocycles. The summed E-state index contributed by atoms with van der Waals surface area (Å²) in [5.74, 6) is 1.05. The number of amides is 1. The van der Waals surface area contributed by atoms with Crippen LogP contribution in [0, 0.1) is 0 Å². The minimum atomic E-state index is -0.265. The second-order valence-corrected chi connectivity index (χ2v) is 7.08. The van der Waals surface area contributed by atoms with Gasteiger partial charge in [0.1, 0.15) is 5.82 Å². The van der Waals surface area contributed by atoms with E-state index in [-0.39, 0.29) is 5.91 Å². The predicted molar refractivity (Wildman–Crippen MR) is 135 cm³/mol. The molecule has 7 nitrogen and oxygen atoms in total. The molecule has 0 bridgehead atoms. The highest BCUT2D eigenvalue weighted by Crippen LogP contribution is 2.19. The lowest BCUT2D eigenvalue weighted by atomic mass is 10.2. The number of carbonyl (C=O) groups excluding carboxylic acids is 1. The molecule has 0 atom stereocenters. The number of allylic oxidation sites excluding steroid dienone is 3. The quantitative estimate of drug-likeness (QED) is 0.171. The summed E-state index contributed by atoms with van der Waals surface area (Å²) in [6.45, 7) is 9.46. The van der Waals surface area contributed by atoms with Gasteiger partial charge in [0.25, 0.3) is 0 Å². The number of hydrogen-bond acceptors (Lipinski definition) is 6. The number of rotatable bonds is 10. The number of anilines is 4. The molecule has 0 spiro atoms. The van der Waals surface area contributed by atoms with Crippen LogP contribution < -0.4 is 21.7 Å². The Kier molecular flexibility index (Phi) is 9.10. The fourth-order valence-corrected chi connectivity index (χ4v) is 2.69. The van der Waals surface area contributed by atoms with Crippen LogP contribution in [0.3, 0.4) is 0 Å². The average Bonchev–Trinajstić information content (AvgIpc) is 2.79. The van der Waals surface area contributed by atoms with Crippen molar-refractivity contribution in [3.05, 3.63) is 84.0 Å². The van der Waals surface area contributed by atoms with Gasteiger partial charge in [0.05, 0.1) is 19.0 Å². The Morgan fingerprint density at radius 1 is 1.06 bits per heavy atom. The number of nitrogen functional groups attached to an aromatic ring is 1. The molecular weight excluding hydrogens is 402 g/mol. The van der Waals surface area contributed by atoms with Crippen LogP contribution >= 0.6 is 0 Å². The highest BCUT2D eigenvalue weighted by atomic mass is 16.5. The summed E-state index contributed by atoms with van der Waals surface area (Å²) in [4.78, 5) is 16.2. The Labute approximate surface area is 189 Å².